The highest BCUT2D eigenvalue weighted by Gasteiger charge is 2.72. The zero-order valence-electron chi connectivity index (χ0n) is 22.7. The Morgan fingerprint density at radius 2 is 1.49 bits per heavy atom. The molecule has 0 radical (unpaired) electrons. The van der Waals surface area contributed by atoms with Crippen LogP contribution in [-0.4, -0.2) is 42.7 Å². The molecule has 1 spiro atoms. The Morgan fingerprint density at radius 1 is 0.923 bits per heavy atom. The van der Waals surface area contributed by atoms with Gasteiger partial charge in [-0.1, -0.05) is 105 Å². The minimum Gasteiger partial charge on any atom is -0.283 e. The summed E-state index contributed by atoms with van der Waals surface area (Å²) in [4.78, 5) is 19.4. The van der Waals surface area contributed by atoms with E-state index in [4.69, 9.17) is 4.99 Å². The molecule has 0 N–H and O–H groups in total. The molecule has 39 heavy (non-hydrogen) atoms. The van der Waals surface area contributed by atoms with Crippen LogP contribution < -0.4 is 0 Å². The van der Waals surface area contributed by atoms with Crippen LogP contribution in [0.4, 0.5) is 0 Å². The summed E-state index contributed by atoms with van der Waals surface area (Å²) in [5.41, 5.74) is 3.33. The largest absolute Gasteiger partial charge is 0.283 e. The van der Waals surface area contributed by atoms with Crippen LogP contribution in [0.1, 0.15) is 49.8 Å². The Labute approximate surface area is 232 Å². The standard InChI is InChI=1S/C33H36N2O3S/c1-32(2)28-18-19-33(32)23-39(37,38)35(29(33)21-28)31(36)27(20-24-12-6-3-7-13-24)22-34-30(25-14-8-4-9-15-25)26-16-10-5-11-17-26/h3-17,27-29H,18-23H2,1-2H3/t27-,28-,29-,33-/m1/s1. The van der Waals surface area contributed by atoms with E-state index in [1.54, 1.807) is 0 Å². The number of carbonyl (C=O) groups is 1. The first-order chi connectivity index (χ1) is 18.7. The van der Waals surface area contributed by atoms with Gasteiger partial charge in [-0.3, -0.25) is 9.79 Å². The van der Waals surface area contributed by atoms with E-state index in [0.717, 1.165) is 41.7 Å². The zero-order valence-corrected chi connectivity index (χ0v) is 23.5. The fourth-order valence-corrected chi connectivity index (χ4v) is 10.2. The first-order valence-corrected chi connectivity index (χ1v) is 15.6. The second kappa shape index (κ2) is 9.74. The summed E-state index contributed by atoms with van der Waals surface area (Å²) >= 11 is 0. The van der Waals surface area contributed by atoms with E-state index in [1.807, 2.05) is 91.0 Å². The molecule has 5 nitrogen and oxygen atoms in total. The quantitative estimate of drug-likeness (QED) is 0.359. The van der Waals surface area contributed by atoms with E-state index in [9.17, 15) is 13.2 Å². The number of benzene rings is 3. The lowest BCUT2D eigenvalue weighted by molar-refractivity contribution is -0.132. The number of fused-ring (bicyclic) bond motifs is 1. The van der Waals surface area contributed by atoms with E-state index in [2.05, 4.69) is 13.8 Å². The summed E-state index contributed by atoms with van der Waals surface area (Å²) in [7, 11) is -3.71. The molecule has 1 heterocycles. The molecule has 6 heteroatoms. The smallest absolute Gasteiger partial charge is 0.241 e. The Hall–Kier alpha value is -3.25. The van der Waals surface area contributed by atoms with Gasteiger partial charge >= 0.3 is 0 Å². The fourth-order valence-electron chi connectivity index (χ4n) is 7.63. The summed E-state index contributed by atoms with van der Waals surface area (Å²) in [6.07, 6.45) is 3.15. The van der Waals surface area contributed by atoms with Crippen LogP contribution in [0.15, 0.2) is 96.0 Å². The van der Waals surface area contributed by atoms with Crippen molar-refractivity contribution in [3.63, 3.8) is 0 Å². The van der Waals surface area contributed by atoms with Crippen LogP contribution in [-0.2, 0) is 21.2 Å². The third-order valence-electron chi connectivity index (χ3n) is 9.87. The summed E-state index contributed by atoms with van der Waals surface area (Å²) < 4.78 is 28.7. The fraction of sp³-hybridized carbons (Fsp3) is 0.394. The van der Waals surface area contributed by atoms with Crippen molar-refractivity contribution < 1.29 is 13.2 Å². The van der Waals surface area contributed by atoms with Gasteiger partial charge in [-0.05, 0) is 42.6 Å². The highest BCUT2D eigenvalue weighted by Crippen LogP contribution is 2.70. The lowest BCUT2D eigenvalue weighted by atomic mass is 9.69. The molecule has 3 fully saturated rings. The number of aliphatic imine (C=N–C) groups is 1. The number of rotatable bonds is 7. The van der Waals surface area contributed by atoms with Gasteiger partial charge in [-0.25, -0.2) is 12.7 Å². The van der Waals surface area contributed by atoms with Crippen molar-refractivity contribution in [2.24, 2.45) is 27.7 Å². The van der Waals surface area contributed by atoms with Crippen LogP contribution in [0.2, 0.25) is 0 Å². The molecule has 1 aliphatic heterocycles. The van der Waals surface area contributed by atoms with Crippen molar-refractivity contribution in [2.45, 2.75) is 45.6 Å². The van der Waals surface area contributed by atoms with Crippen molar-refractivity contribution in [1.82, 2.24) is 4.31 Å². The van der Waals surface area contributed by atoms with Crippen LogP contribution in [0.3, 0.4) is 0 Å². The molecular formula is C33H36N2O3S. The maximum absolute atomic E-state index is 14.4. The summed E-state index contributed by atoms with van der Waals surface area (Å²) in [5.74, 6) is -0.336. The molecule has 4 atom stereocenters. The Morgan fingerprint density at radius 3 is 2.05 bits per heavy atom. The average Bonchev–Trinajstić information content (AvgIpc) is 3.42. The lowest BCUT2D eigenvalue weighted by Gasteiger charge is -2.37. The summed E-state index contributed by atoms with van der Waals surface area (Å²) in [5, 5.41) is 0. The van der Waals surface area contributed by atoms with Crippen molar-refractivity contribution >= 4 is 21.6 Å². The molecular weight excluding hydrogens is 504 g/mol. The molecule has 1 saturated heterocycles. The Kier molecular flexibility index (Phi) is 6.49. The van der Waals surface area contributed by atoms with Crippen molar-refractivity contribution in [3.05, 3.63) is 108 Å². The molecule has 0 unspecified atom stereocenters. The number of sulfonamides is 1. The summed E-state index contributed by atoms with van der Waals surface area (Å²) in [6, 6.07) is 29.6. The molecule has 3 aliphatic rings. The zero-order chi connectivity index (χ0) is 27.3. The highest BCUT2D eigenvalue weighted by molar-refractivity contribution is 7.90. The minimum absolute atomic E-state index is 0.0827. The van der Waals surface area contributed by atoms with Gasteiger partial charge < -0.3 is 0 Å². The third kappa shape index (κ3) is 4.33. The first-order valence-electron chi connectivity index (χ1n) is 14.0. The SMILES string of the molecule is CC1(C)[C@@H]2CC[C@]13CS(=O)(=O)N(C(=O)[C@@H](CN=C(c1ccccc1)c1ccccc1)Cc1ccccc1)[C@@H]3C2. The molecule has 2 bridgehead atoms. The summed E-state index contributed by atoms with van der Waals surface area (Å²) in [6.45, 7) is 4.64. The molecule has 3 aromatic rings. The van der Waals surface area contributed by atoms with Crippen molar-refractivity contribution in [1.29, 1.82) is 0 Å². The molecule has 0 aromatic heterocycles. The van der Waals surface area contributed by atoms with E-state index >= 15 is 0 Å². The number of hydrogen-bond donors (Lipinski definition) is 0. The van der Waals surface area contributed by atoms with Gasteiger partial charge in [0.2, 0.25) is 15.9 Å². The van der Waals surface area contributed by atoms with Gasteiger partial charge in [0.15, 0.2) is 0 Å². The topological polar surface area (TPSA) is 66.8 Å². The van der Waals surface area contributed by atoms with Crippen LogP contribution in [0.25, 0.3) is 0 Å². The molecule has 2 aliphatic carbocycles. The van der Waals surface area contributed by atoms with Crippen LogP contribution >= 0.6 is 0 Å². The molecule has 202 valence electrons. The van der Waals surface area contributed by atoms with E-state index in [0.29, 0.717) is 12.3 Å². The highest BCUT2D eigenvalue weighted by atomic mass is 32.2. The maximum Gasteiger partial charge on any atom is 0.241 e. The third-order valence-corrected chi connectivity index (χ3v) is 11.8. The van der Waals surface area contributed by atoms with E-state index in [-0.39, 0.29) is 35.1 Å². The van der Waals surface area contributed by atoms with E-state index < -0.39 is 15.9 Å². The Balaban J connectivity index is 1.38. The predicted molar refractivity (Wildman–Crippen MR) is 155 cm³/mol. The van der Waals surface area contributed by atoms with Crippen molar-refractivity contribution in [3.8, 4) is 0 Å². The lowest BCUT2D eigenvalue weighted by Crippen LogP contribution is -2.47. The average molecular weight is 541 g/mol. The monoisotopic (exact) mass is 540 g/mol. The van der Waals surface area contributed by atoms with Gasteiger partial charge in [0, 0.05) is 16.5 Å². The predicted octanol–water partition coefficient (Wildman–Crippen LogP) is 5.75. The maximum atomic E-state index is 14.4. The normalized spacial score (nSPS) is 26.7. The number of carbonyl (C=O) groups excluding carboxylic acids is 1. The molecule has 3 aromatic carbocycles. The van der Waals surface area contributed by atoms with Crippen LogP contribution in [0.5, 0.6) is 0 Å². The Bertz CT molecular complexity index is 1440. The van der Waals surface area contributed by atoms with E-state index in [1.165, 1.54) is 4.31 Å². The second-order valence-electron chi connectivity index (χ2n) is 12.1. The minimum atomic E-state index is -3.71. The molecule has 6 rings (SSSR count). The molecule has 2 saturated carbocycles. The number of nitrogens with zero attached hydrogens (tertiary/aromatic N) is 2. The molecule has 1 amide bonds. The van der Waals surface area contributed by atoms with Gasteiger partial charge in [-0.2, -0.15) is 0 Å². The van der Waals surface area contributed by atoms with Gasteiger partial charge in [0.1, 0.15) is 0 Å². The first kappa shape index (κ1) is 26.0. The van der Waals surface area contributed by atoms with Crippen molar-refractivity contribution in [2.75, 3.05) is 12.3 Å². The van der Waals surface area contributed by atoms with Gasteiger partial charge in [0.25, 0.3) is 0 Å². The number of hydrogen-bond acceptors (Lipinski definition) is 4. The van der Waals surface area contributed by atoms with Gasteiger partial charge in [0.05, 0.1) is 30.0 Å². The number of amides is 1. The second-order valence-corrected chi connectivity index (χ2v) is 13.9. The van der Waals surface area contributed by atoms with Crippen LogP contribution in [0, 0.1) is 22.7 Å². The van der Waals surface area contributed by atoms with Gasteiger partial charge in [-0.15, -0.1) is 0 Å².